The molecular weight excluding hydrogens is 531 g/mol. The Morgan fingerprint density at radius 1 is 0.405 bits per heavy atom. The monoisotopic (exact) mass is 580 g/mol. The molecule has 0 aromatic heterocycles. The molecule has 0 spiro atoms. The summed E-state index contributed by atoms with van der Waals surface area (Å²) in [5.74, 6) is 0. The largest absolute Gasteiger partial charge is 1.00 e. The lowest BCUT2D eigenvalue weighted by molar-refractivity contribution is -0.00000771. The van der Waals surface area contributed by atoms with E-state index < -0.39 is 7.26 Å². The van der Waals surface area contributed by atoms with Gasteiger partial charge in [-0.2, -0.15) is 0 Å². The first kappa shape index (κ1) is 31.8. The summed E-state index contributed by atoms with van der Waals surface area (Å²) in [4.78, 5) is 0. The lowest BCUT2D eigenvalue weighted by atomic mass is 10.1. The van der Waals surface area contributed by atoms with Gasteiger partial charge in [-0.1, -0.05) is 162 Å². The molecule has 0 bridgehead atoms. The van der Waals surface area contributed by atoms with Crippen molar-refractivity contribution in [1.29, 1.82) is 0 Å². The van der Waals surface area contributed by atoms with Crippen molar-refractivity contribution in [2.75, 3.05) is 6.16 Å². The third-order valence-corrected chi connectivity index (χ3v) is 11.9. The average Bonchev–Trinajstić information content (AvgIpc) is 2.91. The fourth-order valence-electron chi connectivity index (χ4n) is 5.61. The molecule has 0 amide bonds. The third kappa shape index (κ3) is 13.3. The van der Waals surface area contributed by atoms with Crippen LogP contribution in [-0.2, 0) is 18.5 Å². The van der Waals surface area contributed by atoms with Gasteiger partial charge in [0.15, 0.2) is 0 Å². The zero-order chi connectivity index (χ0) is 25.2. The second-order valence-corrected chi connectivity index (χ2v) is 15.0. The van der Waals surface area contributed by atoms with E-state index in [1.807, 2.05) is 0 Å². The van der Waals surface area contributed by atoms with Gasteiger partial charge in [-0.25, -0.2) is 0 Å². The third-order valence-electron chi connectivity index (χ3n) is 7.57. The van der Waals surface area contributed by atoms with Crippen LogP contribution < -0.4 is 17.0 Å². The minimum Gasteiger partial charge on any atom is -1.00 e. The molecule has 0 saturated heterocycles. The summed E-state index contributed by atoms with van der Waals surface area (Å²) in [5, 5.41) is 0. The fourth-order valence-corrected chi connectivity index (χ4v) is 10.3. The van der Waals surface area contributed by atoms with Crippen molar-refractivity contribution in [1.82, 2.24) is 0 Å². The van der Waals surface area contributed by atoms with Crippen LogP contribution in [-0.4, -0.2) is 6.16 Å². The Morgan fingerprint density at radius 2 is 0.703 bits per heavy atom. The summed E-state index contributed by atoms with van der Waals surface area (Å²) < 4.78 is 0. The molecule has 3 aromatic carbocycles. The predicted octanol–water partition coefficient (Wildman–Crippen LogP) is 8.31. The van der Waals surface area contributed by atoms with Gasteiger partial charge in [-0.05, 0) is 29.5 Å². The topological polar surface area (TPSA) is 0 Å². The molecule has 0 aliphatic carbocycles. The molecule has 0 aliphatic heterocycles. The highest BCUT2D eigenvalue weighted by Gasteiger charge is 2.37. The molecule has 3 rings (SSSR count). The maximum absolute atomic E-state index is 2.35. The van der Waals surface area contributed by atoms with Crippen LogP contribution in [0.3, 0.4) is 0 Å². The van der Waals surface area contributed by atoms with Crippen molar-refractivity contribution in [3.63, 3.8) is 0 Å². The SMILES string of the molecule is CCCCCCCCCCCCCC[P+](Cc1ccccc1)(Cc1ccccc1)Cc1ccccc1.[Br-]. The van der Waals surface area contributed by atoms with E-state index in [-0.39, 0.29) is 17.0 Å². The smallest absolute Gasteiger partial charge is 0.0849 e. The number of benzene rings is 3. The van der Waals surface area contributed by atoms with E-state index in [0.717, 1.165) is 0 Å². The number of unbranched alkanes of at least 4 members (excludes halogenated alkanes) is 11. The van der Waals surface area contributed by atoms with E-state index in [2.05, 4.69) is 97.9 Å². The molecule has 0 saturated carbocycles. The van der Waals surface area contributed by atoms with Crippen molar-refractivity contribution in [2.24, 2.45) is 0 Å². The van der Waals surface area contributed by atoms with Gasteiger partial charge in [0.05, 0.1) is 24.6 Å². The lowest BCUT2D eigenvalue weighted by Gasteiger charge is -2.29. The lowest BCUT2D eigenvalue weighted by Crippen LogP contribution is -3.00. The summed E-state index contributed by atoms with van der Waals surface area (Å²) >= 11 is 0. The molecule has 0 atom stereocenters. The Hall–Kier alpha value is -1.43. The molecule has 37 heavy (non-hydrogen) atoms. The molecule has 0 fully saturated rings. The Balaban J connectivity index is 0.00000481. The summed E-state index contributed by atoms with van der Waals surface area (Å²) in [7, 11) is -1.24. The summed E-state index contributed by atoms with van der Waals surface area (Å²) in [6.45, 7) is 2.30. The van der Waals surface area contributed by atoms with Crippen molar-refractivity contribution >= 4 is 7.26 Å². The molecular formula is C35H50BrP. The molecule has 0 heterocycles. The molecule has 0 nitrogen and oxygen atoms in total. The van der Waals surface area contributed by atoms with Crippen LogP contribution in [0.4, 0.5) is 0 Å². The molecule has 0 aliphatic rings. The number of hydrogen-bond donors (Lipinski definition) is 0. The second kappa shape index (κ2) is 19.6. The normalized spacial score (nSPS) is 11.3. The maximum atomic E-state index is 2.35. The van der Waals surface area contributed by atoms with Gasteiger partial charge in [0.2, 0.25) is 0 Å². The van der Waals surface area contributed by atoms with Gasteiger partial charge in [0.25, 0.3) is 0 Å². The van der Waals surface area contributed by atoms with Gasteiger partial charge < -0.3 is 17.0 Å². The first-order valence-corrected chi connectivity index (χ1v) is 17.3. The number of halogens is 1. The molecule has 0 N–H and O–H groups in total. The zero-order valence-corrected chi connectivity index (χ0v) is 25.8. The molecule has 2 heteroatoms. The molecule has 202 valence electrons. The summed E-state index contributed by atoms with van der Waals surface area (Å²) in [6.07, 6.45) is 22.3. The number of rotatable bonds is 19. The maximum Gasteiger partial charge on any atom is 0.0849 e. The van der Waals surface area contributed by atoms with Crippen LogP contribution in [0.15, 0.2) is 91.0 Å². The van der Waals surface area contributed by atoms with Crippen LogP contribution in [0, 0.1) is 0 Å². The van der Waals surface area contributed by atoms with Crippen LogP contribution in [0.5, 0.6) is 0 Å². The van der Waals surface area contributed by atoms with Crippen molar-refractivity contribution in [3.05, 3.63) is 108 Å². The van der Waals surface area contributed by atoms with Crippen molar-refractivity contribution in [2.45, 2.75) is 102 Å². The Morgan fingerprint density at radius 3 is 1.03 bits per heavy atom. The van der Waals surface area contributed by atoms with E-state index in [0.29, 0.717) is 0 Å². The fraction of sp³-hybridized carbons (Fsp3) is 0.486. The van der Waals surface area contributed by atoms with Gasteiger partial charge >= 0.3 is 0 Å². The van der Waals surface area contributed by atoms with Gasteiger partial charge in [-0.15, -0.1) is 0 Å². The standard InChI is InChI=1S/C35H50P.BrH/c1-2-3-4-5-6-7-8-9-10-11-12-22-29-36(30-33-23-16-13-17-24-33,31-34-25-18-14-19-26-34)32-35-27-20-15-21-28-35;/h13-21,23-28H,2-12,22,29-32H2,1H3;1H/q+1;/p-1. The van der Waals surface area contributed by atoms with Crippen LogP contribution in [0.2, 0.25) is 0 Å². The summed E-state index contributed by atoms with van der Waals surface area (Å²) in [5.41, 5.74) is 4.57. The Bertz CT molecular complexity index is 808. The van der Waals surface area contributed by atoms with E-state index in [9.17, 15) is 0 Å². The van der Waals surface area contributed by atoms with Crippen LogP contribution in [0.1, 0.15) is 101 Å². The highest BCUT2D eigenvalue weighted by atomic mass is 79.9. The van der Waals surface area contributed by atoms with E-state index in [4.69, 9.17) is 0 Å². The zero-order valence-electron chi connectivity index (χ0n) is 23.3. The van der Waals surface area contributed by atoms with Gasteiger partial charge in [0.1, 0.15) is 0 Å². The Kier molecular flexibility index (Phi) is 16.8. The van der Waals surface area contributed by atoms with Crippen LogP contribution >= 0.6 is 7.26 Å². The molecule has 3 aromatic rings. The summed E-state index contributed by atoms with van der Waals surface area (Å²) in [6, 6.07) is 33.9. The van der Waals surface area contributed by atoms with E-state index in [1.165, 1.54) is 118 Å². The first-order chi connectivity index (χ1) is 17.8. The van der Waals surface area contributed by atoms with Gasteiger partial charge in [-0.3, -0.25) is 0 Å². The molecule has 0 unspecified atom stereocenters. The van der Waals surface area contributed by atoms with Crippen molar-refractivity contribution < 1.29 is 17.0 Å². The predicted molar refractivity (Wildman–Crippen MR) is 163 cm³/mol. The highest BCUT2D eigenvalue weighted by Crippen LogP contribution is 2.67. The minimum atomic E-state index is -1.24. The quantitative estimate of drug-likeness (QED) is 0.0987. The van der Waals surface area contributed by atoms with E-state index >= 15 is 0 Å². The minimum absolute atomic E-state index is 0. The van der Waals surface area contributed by atoms with E-state index in [1.54, 1.807) is 0 Å². The average molecular weight is 582 g/mol. The second-order valence-electron chi connectivity index (χ2n) is 10.9. The molecule has 0 radical (unpaired) electrons. The van der Waals surface area contributed by atoms with Crippen LogP contribution in [0.25, 0.3) is 0 Å². The Labute approximate surface area is 239 Å². The van der Waals surface area contributed by atoms with Gasteiger partial charge in [0, 0.05) is 7.26 Å². The first-order valence-electron chi connectivity index (χ1n) is 14.8. The van der Waals surface area contributed by atoms with Crippen molar-refractivity contribution in [3.8, 4) is 0 Å². The number of hydrogen-bond acceptors (Lipinski definition) is 0. The highest BCUT2D eigenvalue weighted by molar-refractivity contribution is 7.73.